The Hall–Kier alpha value is -4.17. The topological polar surface area (TPSA) is 116 Å². The van der Waals surface area contributed by atoms with Crippen LogP contribution in [0.1, 0.15) is 10.5 Å². The molecule has 0 unspecified atom stereocenters. The maximum Gasteiger partial charge on any atom is 0.275 e. The smallest absolute Gasteiger partial charge is 0.275 e. The Kier molecular flexibility index (Phi) is 5.87. The van der Waals surface area contributed by atoms with Crippen molar-refractivity contribution in [3.63, 3.8) is 0 Å². The van der Waals surface area contributed by atoms with Crippen LogP contribution in [-0.4, -0.2) is 21.6 Å². The molecule has 1 heterocycles. The lowest BCUT2D eigenvalue weighted by molar-refractivity contribution is -0.117. The van der Waals surface area contributed by atoms with Gasteiger partial charge in [0.1, 0.15) is 12.3 Å². The van der Waals surface area contributed by atoms with Gasteiger partial charge in [-0.1, -0.05) is 48.0 Å². The summed E-state index contributed by atoms with van der Waals surface area (Å²) in [5.74, 6) is -0.427. The highest BCUT2D eigenvalue weighted by atomic mass is 35.5. The standard InChI is InChI=1S/C23H17ClN4O4/c24-14-10-11-19(32-15-6-2-1-3-7-15)18(12-14)26-20(29)13-28-23(31)17-9-5-4-8-16(17)21(27-28)22(25)30/h1-12H,13H2,(H2,25,30)(H,26,29). The van der Waals surface area contributed by atoms with E-state index in [2.05, 4.69) is 10.4 Å². The van der Waals surface area contributed by atoms with E-state index in [9.17, 15) is 14.4 Å². The van der Waals surface area contributed by atoms with Crippen molar-refractivity contribution in [2.24, 2.45) is 5.73 Å². The Balaban J connectivity index is 1.63. The summed E-state index contributed by atoms with van der Waals surface area (Å²) < 4.78 is 6.73. The number of ether oxygens (including phenoxy) is 1. The number of carbonyl (C=O) groups excluding carboxylic acids is 2. The molecule has 0 spiro atoms. The third kappa shape index (κ3) is 4.45. The monoisotopic (exact) mass is 448 g/mol. The second-order valence-electron chi connectivity index (χ2n) is 6.83. The van der Waals surface area contributed by atoms with Gasteiger partial charge >= 0.3 is 0 Å². The average molecular weight is 449 g/mol. The number of amides is 2. The number of para-hydroxylation sites is 1. The Morgan fingerprint density at radius 2 is 1.69 bits per heavy atom. The molecule has 0 radical (unpaired) electrons. The van der Waals surface area contributed by atoms with Gasteiger partial charge in [-0.2, -0.15) is 5.10 Å². The third-order valence-corrected chi connectivity index (χ3v) is 4.82. The SMILES string of the molecule is NC(=O)c1nn(CC(=O)Nc2cc(Cl)ccc2Oc2ccccc2)c(=O)c2ccccc12. The lowest BCUT2D eigenvalue weighted by Gasteiger charge is -2.14. The minimum absolute atomic E-state index is 0.0937. The minimum Gasteiger partial charge on any atom is -0.455 e. The molecule has 0 fully saturated rings. The van der Waals surface area contributed by atoms with Gasteiger partial charge in [0.05, 0.1) is 11.1 Å². The van der Waals surface area contributed by atoms with Crippen LogP contribution in [0.4, 0.5) is 5.69 Å². The first kappa shape index (κ1) is 21.1. The van der Waals surface area contributed by atoms with Crippen LogP contribution in [-0.2, 0) is 11.3 Å². The summed E-state index contributed by atoms with van der Waals surface area (Å²) in [6, 6.07) is 20.2. The predicted octanol–water partition coefficient (Wildman–Crippen LogP) is 3.58. The second-order valence-corrected chi connectivity index (χ2v) is 7.26. The van der Waals surface area contributed by atoms with E-state index >= 15 is 0 Å². The number of anilines is 1. The van der Waals surface area contributed by atoms with E-state index in [0.29, 0.717) is 27.6 Å². The van der Waals surface area contributed by atoms with Gasteiger partial charge in [-0.05, 0) is 36.4 Å². The van der Waals surface area contributed by atoms with Gasteiger partial charge < -0.3 is 15.8 Å². The summed E-state index contributed by atoms with van der Waals surface area (Å²) in [6.07, 6.45) is 0. The summed E-state index contributed by atoms with van der Waals surface area (Å²) in [4.78, 5) is 37.3. The number of hydrogen-bond acceptors (Lipinski definition) is 5. The van der Waals surface area contributed by atoms with Crippen LogP contribution in [0.2, 0.25) is 5.02 Å². The lowest BCUT2D eigenvalue weighted by Crippen LogP contribution is -2.32. The Labute approximate surface area is 187 Å². The van der Waals surface area contributed by atoms with E-state index in [1.54, 1.807) is 48.5 Å². The Morgan fingerprint density at radius 1 is 1.00 bits per heavy atom. The predicted molar refractivity (Wildman–Crippen MR) is 121 cm³/mol. The first-order valence-corrected chi connectivity index (χ1v) is 9.92. The molecule has 3 N–H and O–H groups in total. The highest BCUT2D eigenvalue weighted by Gasteiger charge is 2.17. The molecule has 0 aliphatic rings. The second kappa shape index (κ2) is 8.91. The molecule has 2 amide bonds. The molecule has 9 heteroatoms. The fraction of sp³-hybridized carbons (Fsp3) is 0.0435. The molecule has 0 bridgehead atoms. The number of benzene rings is 3. The number of aromatic nitrogens is 2. The zero-order valence-corrected chi connectivity index (χ0v) is 17.4. The van der Waals surface area contributed by atoms with Gasteiger partial charge in [0, 0.05) is 10.4 Å². The zero-order chi connectivity index (χ0) is 22.7. The van der Waals surface area contributed by atoms with E-state index < -0.39 is 23.9 Å². The van der Waals surface area contributed by atoms with Gasteiger partial charge in [-0.25, -0.2) is 4.68 Å². The van der Waals surface area contributed by atoms with E-state index in [0.717, 1.165) is 4.68 Å². The van der Waals surface area contributed by atoms with Crippen LogP contribution in [0.5, 0.6) is 11.5 Å². The van der Waals surface area contributed by atoms with Crippen LogP contribution in [0.3, 0.4) is 0 Å². The number of nitrogens with two attached hydrogens (primary N) is 1. The first-order valence-electron chi connectivity index (χ1n) is 9.54. The summed E-state index contributed by atoms with van der Waals surface area (Å²) in [5, 5.41) is 7.63. The van der Waals surface area contributed by atoms with Crippen molar-refractivity contribution in [2.75, 3.05) is 5.32 Å². The third-order valence-electron chi connectivity index (χ3n) is 4.58. The van der Waals surface area contributed by atoms with E-state index in [1.165, 1.54) is 6.07 Å². The fourth-order valence-corrected chi connectivity index (χ4v) is 3.33. The van der Waals surface area contributed by atoms with Crippen molar-refractivity contribution in [3.05, 3.63) is 93.9 Å². The van der Waals surface area contributed by atoms with Crippen molar-refractivity contribution in [1.29, 1.82) is 0 Å². The quantitative estimate of drug-likeness (QED) is 0.467. The molecule has 8 nitrogen and oxygen atoms in total. The number of rotatable bonds is 6. The van der Waals surface area contributed by atoms with Gasteiger partial charge in [-0.15, -0.1) is 0 Å². The summed E-state index contributed by atoms with van der Waals surface area (Å²) in [5.41, 5.74) is 5.12. The number of hydrogen-bond donors (Lipinski definition) is 2. The van der Waals surface area contributed by atoms with E-state index in [-0.39, 0.29) is 11.1 Å². The van der Waals surface area contributed by atoms with Crippen molar-refractivity contribution >= 4 is 39.9 Å². The highest BCUT2D eigenvalue weighted by molar-refractivity contribution is 6.31. The van der Waals surface area contributed by atoms with Gasteiger partial charge in [0.2, 0.25) is 5.91 Å². The first-order chi connectivity index (χ1) is 15.4. The molecular formula is C23H17ClN4O4. The normalized spacial score (nSPS) is 10.7. The summed E-state index contributed by atoms with van der Waals surface area (Å²) in [7, 11) is 0. The molecule has 1 aromatic heterocycles. The van der Waals surface area contributed by atoms with Gasteiger partial charge in [0.15, 0.2) is 11.4 Å². The minimum atomic E-state index is -0.802. The maximum absolute atomic E-state index is 12.8. The summed E-state index contributed by atoms with van der Waals surface area (Å²) in [6.45, 7) is -0.443. The number of fused-ring (bicyclic) bond motifs is 1. The molecule has 0 aliphatic heterocycles. The zero-order valence-electron chi connectivity index (χ0n) is 16.6. The molecule has 0 saturated carbocycles. The molecule has 0 atom stereocenters. The Morgan fingerprint density at radius 3 is 2.41 bits per heavy atom. The number of nitrogens with one attached hydrogen (secondary N) is 1. The van der Waals surface area contributed by atoms with E-state index in [4.69, 9.17) is 22.1 Å². The number of carbonyl (C=O) groups is 2. The van der Waals surface area contributed by atoms with Gasteiger partial charge in [0.25, 0.3) is 11.5 Å². The average Bonchev–Trinajstić information content (AvgIpc) is 2.78. The molecule has 32 heavy (non-hydrogen) atoms. The van der Waals surface area contributed by atoms with Crippen molar-refractivity contribution in [1.82, 2.24) is 9.78 Å². The highest BCUT2D eigenvalue weighted by Crippen LogP contribution is 2.32. The molecular weight excluding hydrogens is 432 g/mol. The van der Waals surface area contributed by atoms with Crippen molar-refractivity contribution in [2.45, 2.75) is 6.54 Å². The lowest BCUT2D eigenvalue weighted by atomic mass is 10.1. The fourth-order valence-electron chi connectivity index (χ4n) is 3.15. The van der Waals surface area contributed by atoms with Crippen LogP contribution in [0, 0.1) is 0 Å². The van der Waals surface area contributed by atoms with Crippen molar-refractivity contribution in [3.8, 4) is 11.5 Å². The van der Waals surface area contributed by atoms with Crippen molar-refractivity contribution < 1.29 is 14.3 Å². The van der Waals surface area contributed by atoms with Crippen LogP contribution in [0.15, 0.2) is 77.6 Å². The number of halogens is 1. The molecule has 4 aromatic rings. The molecule has 0 aliphatic carbocycles. The number of primary amides is 1. The van der Waals surface area contributed by atoms with E-state index in [1.807, 2.05) is 18.2 Å². The molecule has 0 saturated heterocycles. The van der Waals surface area contributed by atoms with Crippen LogP contribution < -0.4 is 21.3 Å². The largest absolute Gasteiger partial charge is 0.455 e. The molecule has 3 aromatic carbocycles. The Bertz CT molecular complexity index is 1390. The van der Waals surface area contributed by atoms with Crippen LogP contribution >= 0.6 is 11.6 Å². The number of nitrogens with zero attached hydrogens (tertiary/aromatic N) is 2. The summed E-state index contributed by atoms with van der Waals surface area (Å²) >= 11 is 6.08. The maximum atomic E-state index is 12.8. The van der Waals surface area contributed by atoms with Gasteiger partial charge in [-0.3, -0.25) is 14.4 Å². The molecule has 4 rings (SSSR count). The molecule has 160 valence electrons. The van der Waals surface area contributed by atoms with Crippen LogP contribution in [0.25, 0.3) is 10.8 Å².